The standard InChI is InChI=1S/C14H18FNO5S/c1-22(18,19)21-13-9-16(8-7-12(13)15)14(17)20-10-11-5-3-2-4-6-11/h2-6,12-13H,7-10H2,1H3/t12-,13-/m0/s1. The second-order valence-corrected chi connectivity index (χ2v) is 6.73. The number of likely N-dealkylation sites (tertiary alicyclic amines) is 1. The van der Waals surface area contributed by atoms with E-state index in [9.17, 15) is 17.6 Å². The van der Waals surface area contributed by atoms with Gasteiger partial charge < -0.3 is 9.64 Å². The number of alkyl halides is 1. The van der Waals surface area contributed by atoms with E-state index in [1.165, 1.54) is 4.90 Å². The summed E-state index contributed by atoms with van der Waals surface area (Å²) in [5, 5.41) is 0. The first-order chi connectivity index (χ1) is 10.3. The Labute approximate surface area is 128 Å². The minimum atomic E-state index is -3.78. The Hall–Kier alpha value is -1.67. The summed E-state index contributed by atoms with van der Waals surface area (Å²) >= 11 is 0. The zero-order valence-electron chi connectivity index (χ0n) is 12.1. The molecule has 0 spiro atoms. The molecular formula is C14H18FNO5S. The van der Waals surface area contributed by atoms with Gasteiger partial charge in [0.25, 0.3) is 10.1 Å². The van der Waals surface area contributed by atoms with Crippen molar-refractivity contribution >= 4 is 16.2 Å². The van der Waals surface area contributed by atoms with Crippen molar-refractivity contribution in [1.82, 2.24) is 4.90 Å². The summed E-state index contributed by atoms with van der Waals surface area (Å²) in [5.41, 5.74) is 0.833. The van der Waals surface area contributed by atoms with Crippen LogP contribution in [0.15, 0.2) is 30.3 Å². The fourth-order valence-corrected chi connectivity index (χ4v) is 2.81. The van der Waals surface area contributed by atoms with E-state index in [2.05, 4.69) is 4.18 Å². The van der Waals surface area contributed by atoms with Crippen LogP contribution in [0, 0.1) is 0 Å². The third-order valence-electron chi connectivity index (χ3n) is 3.24. The first kappa shape index (κ1) is 16.7. The van der Waals surface area contributed by atoms with Crippen molar-refractivity contribution < 1.29 is 26.5 Å². The average molecular weight is 331 g/mol. The number of nitrogens with zero attached hydrogens (tertiary/aromatic N) is 1. The third-order valence-corrected chi connectivity index (χ3v) is 3.84. The molecule has 6 nitrogen and oxygen atoms in total. The molecule has 22 heavy (non-hydrogen) atoms. The Morgan fingerprint density at radius 3 is 2.68 bits per heavy atom. The van der Waals surface area contributed by atoms with Crippen molar-refractivity contribution in [1.29, 1.82) is 0 Å². The molecule has 1 saturated heterocycles. The van der Waals surface area contributed by atoms with Crippen molar-refractivity contribution in [3.63, 3.8) is 0 Å². The van der Waals surface area contributed by atoms with E-state index in [1.807, 2.05) is 30.3 Å². The summed E-state index contributed by atoms with van der Waals surface area (Å²) in [6.45, 7) is 0.118. The molecule has 0 aromatic heterocycles. The molecule has 0 unspecified atom stereocenters. The van der Waals surface area contributed by atoms with Gasteiger partial charge in [-0.05, 0) is 12.0 Å². The maximum absolute atomic E-state index is 13.7. The molecule has 0 radical (unpaired) electrons. The third kappa shape index (κ3) is 4.96. The van der Waals surface area contributed by atoms with Crippen LogP contribution in [0.2, 0.25) is 0 Å². The first-order valence-electron chi connectivity index (χ1n) is 6.83. The van der Waals surface area contributed by atoms with E-state index in [1.54, 1.807) is 0 Å². The van der Waals surface area contributed by atoms with E-state index < -0.39 is 28.5 Å². The molecule has 2 rings (SSSR count). The number of carbonyl (C=O) groups is 1. The van der Waals surface area contributed by atoms with Crippen LogP contribution in [0.5, 0.6) is 0 Å². The highest BCUT2D eigenvalue weighted by Crippen LogP contribution is 2.19. The normalized spacial score (nSPS) is 22.4. The van der Waals surface area contributed by atoms with E-state index in [0.29, 0.717) is 0 Å². The molecule has 0 bridgehead atoms. The van der Waals surface area contributed by atoms with Crippen LogP contribution in [0.1, 0.15) is 12.0 Å². The maximum atomic E-state index is 13.7. The summed E-state index contributed by atoms with van der Waals surface area (Å²) in [7, 11) is -3.78. The quantitative estimate of drug-likeness (QED) is 0.786. The Balaban J connectivity index is 1.90. The van der Waals surface area contributed by atoms with Crippen LogP contribution < -0.4 is 0 Å². The van der Waals surface area contributed by atoms with Gasteiger partial charge in [0.15, 0.2) is 0 Å². The molecule has 1 heterocycles. The van der Waals surface area contributed by atoms with Crippen LogP contribution in [0.25, 0.3) is 0 Å². The number of hydrogen-bond donors (Lipinski definition) is 0. The minimum absolute atomic E-state index is 0.0145. The number of halogens is 1. The molecule has 1 aliphatic heterocycles. The number of piperidine rings is 1. The highest BCUT2D eigenvalue weighted by Gasteiger charge is 2.35. The summed E-state index contributed by atoms with van der Waals surface area (Å²) in [5.74, 6) is 0. The number of ether oxygens (including phenoxy) is 1. The van der Waals surface area contributed by atoms with Crippen molar-refractivity contribution in [3.8, 4) is 0 Å². The van der Waals surface area contributed by atoms with Crippen LogP contribution in [-0.4, -0.2) is 51.0 Å². The highest BCUT2D eigenvalue weighted by atomic mass is 32.2. The lowest BCUT2D eigenvalue weighted by Gasteiger charge is -2.33. The van der Waals surface area contributed by atoms with Crippen molar-refractivity contribution in [2.45, 2.75) is 25.3 Å². The topological polar surface area (TPSA) is 72.9 Å². The summed E-state index contributed by atoms with van der Waals surface area (Å²) in [6, 6.07) is 9.14. The molecule has 1 aromatic carbocycles. The number of amides is 1. The van der Waals surface area contributed by atoms with Crippen molar-refractivity contribution in [3.05, 3.63) is 35.9 Å². The van der Waals surface area contributed by atoms with Gasteiger partial charge in [0.1, 0.15) is 18.9 Å². The van der Waals surface area contributed by atoms with Gasteiger partial charge in [-0.25, -0.2) is 9.18 Å². The van der Waals surface area contributed by atoms with Gasteiger partial charge in [-0.3, -0.25) is 4.18 Å². The molecule has 0 aliphatic carbocycles. The smallest absolute Gasteiger partial charge is 0.410 e. The lowest BCUT2D eigenvalue weighted by atomic mass is 10.1. The molecule has 1 fully saturated rings. The molecular weight excluding hydrogens is 313 g/mol. The molecule has 8 heteroatoms. The van der Waals surface area contributed by atoms with Gasteiger partial charge in [-0.15, -0.1) is 0 Å². The van der Waals surface area contributed by atoms with Crippen LogP contribution in [-0.2, 0) is 25.6 Å². The zero-order chi connectivity index (χ0) is 16.2. The molecule has 122 valence electrons. The van der Waals surface area contributed by atoms with E-state index in [4.69, 9.17) is 4.74 Å². The molecule has 0 saturated carbocycles. The summed E-state index contributed by atoms with van der Waals surface area (Å²) < 4.78 is 45.7. The fraction of sp³-hybridized carbons (Fsp3) is 0.500. The van der Waals surface area contributed by atoms with Crippen molar-refractivity contribution in [2.75, 3.05) is 19.3 Å². The molecule has 1 aliphatic rings. The van der Waals surface area contributed by atoms with Gasteiger partial charge in [-0.1, -0.05) is 30.3 Å². The summed E-state index contributed by atoms with van der Waals surface area (Å²) in [4.78, 5) is 13.2. The Morgan fingerprint density at radius 2 is 2.05 bits per heavy atom. The van der Waals surface area contributed by atoms with E-state index in [0.717, 1.165) is 11.8 Å². The second-order valence-electron chi connectivity index (χ2n) is 5.13. The Bertz CT molecular complexity index is 607. The molecule has 0 N–H and O–H groups in total. The van der Waals surface area contributed by atoms with Crippen LogP contribution >= 0.6 is 0 Å². The fourth-order valence-electron chi connectivity index (χ4n) is 2.18. The van der Waals surface area contributed by atoms with Gasteiger partial charge in [-0.2, -0.15) is 8.42 Å². The van der Waals surface area contributed by atoms with E-state index in [-0.39, 0.29) is 26.1 Å². The van der Waals surface area contributed by atoms with Crippen molar-refractivity contribution in [2.24, 2.45) is 0 Å². The first-order valence-corrected chi connectivity index (χ1v) is 8.65. The molecule has 2 atom stereocenters. The number of rotatable bonds is 4. The average Bonchev–Trinajstić information content (AvgIpc) is 2.47. The van der Waals surface area contributed by atoms with E-state index >= 15 is 0 Å². The molecule has 1 amide bonds. The largest absolute Gasteiger partial charge is 0.445 e. The van der Waals surface area contributed by atoms with Gasteiger partial charge in [0, 0.05) is 6.54 Å². The SMILES string of the molecule is CS(=O)(=O)O[C@H]1CN(C(=O)OCc2ccccc2)CC[C@@H]1F. The van der Waals surface area contributed by atoms with Gasteiger partial charge in [0.2, 0.25) is 0 Å². The lowest BCUT2D eigenvalue weighted by molar-refractivity contribution is 0.0158. The van der Waals surface area contributed by atoms with Gasteiger partial charge in [0.05, 0.1) is 12.8 Å². The number of hydrogen-bond acceptors (Lipinski definition) is 5. The molecule has 1 aromatic rings. The van der Waals surface area contributed by atoms with Crippen LogP contribution in [0.4, 0.5) is 9.18 Å². The Kier molecular flexibility index (Phi) is 5.36. The zero-order valence-corrected chi connectivity index (χ0v) is 13.0. The predicted molar refractivity (Wildman–Crippen MR) is 77.4 cm³/mol. The second kappa shape index (κ2) is 7.06. The Morgan fingerprint density at radius 1 is 1.36 bits per heavy atom. The highest BCUT2D eigenvalue weighted by molar-refractivity contribution is 7.86. The number of carbonyl (C=O) groups excluding carboxylic acids is 1. The maximum Gasteiger partial charge on any atom is 0.410 e. The van der Waals surface area contributed by atoms with Gasteiger partial charge >= 0.3 is 6.09 Å². The number of benzene rings is 1. The predicted octanol–water partition coefficient (Wildman–Crippen LogP) is 1.71. The van der Waals surface area contributed by atoms with Crippen LogP contribution in [0.3, 0.4) is 0 Å². The minimum Gasteiger partial charge on any atom is -0.445 e. The lowest BCUT2D eigenvalue weighted by Crippen LogP contribution is -2.49. The monoisotopic (exact) mass is 331 g/mol. The summed E-state index contributed by atoms with van der Waals surface area (Å²) in [6.07, 6.45) is -2.36.